The van der Waals surface area contributed by atoms with Gasteiger partial charge in [0.2, 0.25) is 0 Å². The van der Waals surface area contributed by atoms with E-state index in [1.54, 1.807) is 0 Å². The lowest BCUT2D eigenvalue weighted by Crippen LogP contribution is -2.53. The summed E-state index contributed by atoms with van der Waals surface area (Å²) in [5, 5.41) is 17.1. The Balaban J connectivity index is 1.44. The van der Waals surface area contributed by atoms with Crippen molar-refractivity contribution in [1.29, 1.82) is 0 Å². The van der Waals surface area contributed by atoms with E-state index < -0.39 is 5.97 Å². The van der Waals surface area contributed by atoms with Gasteiger partial charge in [0.25, 0.3) is 0 Å². The van der Waals surface area contributed by atoms with Gasteiger partial charge < -0.3 is 10.4 Å². The van der Waals surface area contributed by atoms with Crippen LogP contribution in [0.3, 0.4) is 0 Å². The van der Waals surface area contributed by atoms with Crippen LogP contribution in [0.15, 0.2) is 12.3 Å². The smallest absolute Gasteiger partial charge is 0.317 e. The predicted octanol–water partition coefficient (Wildman–Crippen LogP) is 2.03. The summed E-state index contributed by atoms with van der Waals surface area (Å²) in [7, 11) is 0. The molecule has 0 aromatic carbocycles. The van der Waals surface area contributed by atoms with Crippen molar-refractivity contribution in [3.05, 3.63) is 18.0 Å². The summed E-state index contributed by atoms with van der Waals surface area (Å²) in [6.45, 7) is 3.85. The van der Waals surface area contributed by atoms with Gasteiger partial charge in [-0.05, 0) is 38.3 Å². The number of carboxylic acids is 1. The van der Waals surface area contributed by atoms with Crippen molar-refractivity contribution < 1.29 is 9.90 Å². The molecule has 128 valence electrons. The molecule has 23 heavy (non-hydrogen) atoms. The molecule has 6 nitrogen and oxygen atoms in total. The molecule has 0 spiro atoms. The van der Waals surface area contributed by atoms with Crippen molar-refractivity contribution in [3.8, 4) is 0 Å². The van der Waals surface area contributed by atoms with Gasteiger partial charge in [-0.25, -0.2) is 0 Å². The maximum atomic E-state index is 10.9. The van der Waals surface area contributed by atoms with Crippen LogP contribution in [0.4, 0.5) is 0 Å². The van der Waals surface area contributed by atoms with Crippen molar-refractivity contribution in [1.82, 2.24) is 20.0 Å². The van der Waals surface area contributed by atoms with Crippen LogP contribution in [0, 0.1) is 0 Å². The summed E-state index contributed by atoms with van der Waals surface area (Å²) >= 11 is 0. The lowest BCUT2D eigenvalue weighted by molar-refractivity contribution is -0.139. The predicted molar refractivity (Wildman–Crippen MR) is 88.3 cm³/mol. The van der Waals surface area contributed by atoms with E-state index in [1.807, 2.05) is 13.1 Å². The summed E-state index contributed by atoms with van der Waals surface area (Å²) in [5.41, 5.74) is 1.28. The number of nitrogens with one attached hydrogen (secondary N) is 1. The summed E-state index contributed by atoms with van der Waals surface area (Å²) in [6.07, 6.45) is 9.12. The number of carbonyl (C=O) groups is 1. The van der Waals surface area contributed by atoms with Crippen molar-refractivity contribution in [2.45, 2.75) is 70.1 Å². The fraction of sp³-hybridized carbons (Fsp3) is 0.765. The van der Waals surface area contributed by atoms with Gasteiger partial charge in [0.05, 0.1) is 18.3 Å². The number of aromatic nitrogens is 2. The van der Waals surface area contributed by atoms with Crippen molar-refractivity contribution >= 4 is 5.97 Å². The molecule has 2 aliphatic carbocycles. The SMILES string of the molecule is CCN(CC(=O)O)C1CC(NCc2ccnn2C2CCCC2)C1. The first-order chi connectivity index (χ1) is 11.2. The van der Waals surface area contributed by atoms with Gasteiger partial charge in [0.1, 0.15) is 0 Å². The van der Waals surface area contributed by atoms with Crippen LogP contribution in [-0.2, 0) is 11.3 Å². The molecule has 3 rings (SSSR count). The highest BCUT2D eigenvalue weighted by atomic mass is 16.4. The Bertz CT molecular complexity index is 518. The molecule has 2 N–H and O–H groups in total. The van der Waals surface area contributed by atoms with Gasteiger partial charge in [0.15, 0.2) is 0 Å². The normalized spacial score (nSPS) is 25.0. The highest BCUT2D eigenvalue weighted by Crippen LogP contribution is 2.30. The van der Waals surface area contributed by atoms with Gasteiger partial charge in [-0.2, -0.15) is 5.10 Å². The first-order valence-corrected chi connectivity index (χ1v) is 8.89. The molecule has 0 unspecified atom stereocenters. The molecule has 2 aliphatic rings. The van der Waals surface area contributed by atoms with E-state index in [-0.39, 0.29) is 6.54 Å². The summed E-state index contributed by atoms with van der Waals surface area (Å²) in [4.78, 5) is 12.9. The lowest BCUT2D eigenvalue weighted by atomic mass is 9.85. The van der Waals surface area contributed by atoms with Gasteiger partial charge in [-0.3, -0.25) is 14.4 Å². The fourth-order valence-corrected chi connectivity index (χ4v) is 3.93. The van der Waals surface area contributed by atoms with E-state index in [0.717, 1.165) is 25.9 Å². The van der Waals surface area contributed by atoms with Crippen LogP contribution in [0.1, 0.15) is 57.2 Å². The molecular weight excluding hydrogens is 292 g/mol. The van der Waals surface area contributed by atoms with E-state index in [4.69, 9.17) is 5.11 Å². The Morgan fingerprint density at radius 2 is 2.17 bits per heavy atom. The van der Waals surface area contributed by atoms with E-state index in [0.29, 0.717) is 18.1 Å². The minimum atomic E-state index is -0.733. The monoisotopic (exact) mass is 320 g/mol. The molecule has 0 bridgehead atoms. The van der Waals surface area contributed by atoms with E-state index >= 15 is 0 Å². The summed E-state index contributed by atoms with van der Waals surface area (Å²) in [5.74, 6) is -0.733. The zero-order valence-corrected chi connectivity index (χ0v) is 13.9. The Labute approximate surface area is 137 Å². The molecule has 0 saturated heterocycles. The molecule has 0 amide bonds. The third-order valence-electron chi connectivity index (χ3n) is 5.37. The van der Waals surface area contributed by atoms with Crippen LogP contribution >= 0.6 is 0 Å². The molecule has 0 radical (unpaired) electrons. The van der Waals surface area contributed by atoms with Gasteiger partial charge >= 0.3 is 5.97 Å². The molecule has 0 atom stereocenters. The number of hydrogen-bond acceptors (Lipinski definition) is 4. The zero-order chi connectivity index (χ0) is 16.2. The van der Waals surface area contributed by atoms with E-state index in [1.165, 1.54) is 31.4 Å². The highest BCUT2D eigenvalue weighted by molar-refractivity contribution is 5.69. The average molecular weight is 320 g/mol. The second-order valence-electron chi connectivity index (χ2n) is 6.87. The second-order valence-corrected chi connectivity index (χ2v) is 6.87. The van der Waals surface area contributed by atoms with E-state index in [9.17, 15) is 4.79 Å². The van der Waals surface area contributed by atoms with Crippen molar-refractivity contribution in [2.24, 2.45) is 0 Å². The molecule has 1 aromatic heterocycles. The van der Waals surface area contributed by atoms with Crippen molar-refractivity contribution in [3.63, 3.8) is 0 Å². The largest absolute Gasteiger partial charge is 0.480 e. The Morgan fingerprint density at radius 3 is 2.83 bits per heavy atom. The molecule has 1 aromatic rings. The third-order valence-corrected chi connectivity index (χ3v) is 5.37. The summed E-state index contributed by atoms with van der Waals surface area (Å²) < 4.78 is 2.21. The van der Waals surface area contributed by atoms with Crippen LogP contribution in [0.5, 0.6) is 0 Å². The Morgan fingerprint density at radius 1 is 1.43 bits per heavy atom. The molecule has 2 saturated carbocycles. The zero-order valence-electron chi connectivity index (χ0n) is 13.9. The highest BCUT2D eigenvalue weighted by Gasteiger charge is 2.33. The molecular formula is C17H28N4O2. The maximum Gasteiger partial charge on any atom is 0.317 e. The number of hydrogen-bond donors (Lipinski definition) is 2. The van der Waals surface area contributed by atoms with Gasteiger partial charge in [-0.1, -0.05) is 19.8 Å². The minimum absolute atomic E-state index is 0.155. The summed E-state index contributed by atoms with van der Waals surface area (Å²) in [6, 6.07) is 3.61. The Hall–Kier alpha value is -1.40. The second kappa shape index (κ2) is 7.45. The van der Waals surface area contributed by atoms with Crippen LogP contribution in [0.2, 0.25) is 0 Å². The quantitative estimate of drug-likeness (QED) is 0.767. The van der Waals surface area contributed by atoms with Crippen LogP contribution in [-0.4, -0.2) is 50.9 Å². The minimum Gasteiger partial charge on any atom is -0.480 e. The van der Waals surface area contributed by atoms with Crippen molar-refractivity contribution in [2.75, 3.05) is 13.1 Å². The topological polar surface area (TPSA) is 70.4 Å². The van der Waals surface area contributed by atoms with Crippen LogP contribution in [0.25, 0.3) is 0 Å². The maximum absolute atomic E-state index is 10.9. The standard InChI is InChI=1S/C17H28N4O2/c1-2-20(12-17(22)23)16-9-13(10-16)18-11-15-7-8-19-21(15)14-5-3-4-6-14/h7-8,13-14,16,18H,2-6,9-12H2,1H3,(H,22,23). The number of likely N-dealkylation sites (N-methyl/N-ethyl adjacent to an activating group) is 1. The van der Waals surface area contributed by atoms with Crippen LogP contribution < -0.4 is 5.32 Å². The first-order valence-electron chi connectivity index (χ1n) is 8.89. The number of rotatable bonds is 8. The molecule has 2 fully saturated rings. The van der Waals surface area contributed by atoms with Gasteiger partial charge in [-0.15, -0.1) is 0 Å². The number of aliphatic carboxylic acids is 1. The average Bonchev–Trinajstić information content (AvgIpc) is 3.14. The first kappa shape index (κ1) is 16.5. The number of nitrogens with zero attached hydrogens (tertiary/aromatic N) is 3. The van der Waals surface area contributed by atoms with Gasteiger partial charge in [0, 0.05) is 24.8 Å². The third kappa shape index (κ3) is 3.93. The molecule has 1 heterocycles. The molecule has 0 aliphatic heterocycles. The lowest BCUT2D eigenvalue weighted by Gasteiger charge is -2.42. The van der Waals surface area contributed by atoms with E-state index in [2.05, 4.69) is 26.1 Å². The molecule has 6 heteroatoms. The number of carboxylic acid groups (broad SMARTS) is 1. The Kier molecular flexibility index (Phi) is 5.33. The fourth-order valence-electron chi connectivity index (χ4n) is 3.93.